The molecule has 1 saturated heterocycles. The summed E-state index contributed by atoms with van der Waals surface area (Å²) in [5.74, 6) is 0.271. The largest absolute Gasteiger partial charge is 0.468 e. The van der Waals surface area contributed by atoms with Gasteiger partial charge in [-0.1, -0.05) is 0 Å². The van der Waals surface area contributed by atoms with E-state index in [4.69, 9.17) is 4.42 Å². The van der Waals surface area contributed by atoms with Gasteiger partial charge in [0.2, 0.25) is 5.91 Å². The molecule has 0 N–H and O–H groups in total. The number of sulfone groups is 1. The van der Waals surface area contributed by atoms with Crippen LogP contribution >= 0.6 is 11.8 Å². The average molecular weight is 397 g/mol. The molecule has 0 spiro atoms. The van der Waals surface area contributed by atoms with Gasteiger partial charge in [0.05, 0.1) is 17.3 Å². The standard InChI is InChI=1S/C18H20FNO4S2/c19-14-3-5-16(6-4-14)25-12-18(21)20-9-7-17(8-10-20)26(22,23)13-15-2-1-11-24-15/h1-6,11,17H,7-10,12-13H2. The van der Waals surface area contributed by atoms with Crippen LogP contribution in [-0.4, -0.2) is 43.3 Å². The Labute approximate surface area is 156 Å². The van der Waals surface area contributed by atoms with E-state index in [-0.39, 0.29) is 23.2 Å². The number of carbonyl (C=O) groups is 1. The van der Waals surface area contributed by atoms with Gasteiger partial charge in [-0.15, -0.1) is 11.8 Å². The molecule has 5 nitrogen and oxygen atoms in total. The van der Waals surface area contributed by atoms with Crippen molar-refractivity contribution in [2.24, 2.45) is 0 Å². The maximum absolute atomic E-state index is 12.9. The molecule has 0 unspecified atom stereocenters. The van der Waals surface area contributed by atoms with Gasteiger partial charge in [0.1, 0.15) is 17.3 Å². The zero-order valence-corrected chi connectivity index (χ0v) is 15.8. The highest BCUT2D eigenvalue weighted by molar-refractivity contribution is 8.00. The Hall–Kier alpha value is -1.80. The summed E-state index contributed by atoms with van der Waals surface area (Å²) in [5, 5.41) is -0.443. The third-order valence-corrected chi connectivity index (χ3v) is 7.57. The van der Waals surface area contributed by atoms with Gasteiger partial charge in [0.25, 0.3) is 0 Å². The van der Waals surface area contributed by atoms with Gasteiger partial charge >= 0.3 is 0 Å². The minimum Gasteiger partial charge on any atom is -0.468 e. The Morgan fingerprint density at radius 2 is 1.88 bits per heavy atom. The Balaban J connectivity index is 1.48. The van der Waals surface area contributed by atoms with Crippen molar-refractivity contribution in [1.82, 2.24) is 4.90 Å². The Kier molecular flexibility index (Phi) is 6.03. The van der Waals surface area contributed by atoms with E-state index in [1.807, 2.05) is 0 Å². The fourth-order valence-electron chi connectivity index (χ4n) is 2.94. The van der Waals surface area contributed by atoms with Crippen LogP contribution < -0.4 is 0 Å². The predicted molar refractivity (Wildman–Crippen MR) is 98.1 cm³/mol. The molecule has 0 aliphatic carbocycles. The molecule has 140 valence electrons. The van der Waals surface area contributed by atoms with E-state index >= 15 is 0 Å². The number of halogens is 1. The van der Waals surface area contributed by atoms with Crippen LogP contribution in [0.5, 0.6) is 0 Å². The molecule has 1 aromatic carbocycles. The van der Waals surface area contributed by atoms with Crippen LogP contribution in [0.15, 0.2) is 52.0 Å². The monoisotopic (exact) mass is 397 g/mol. The molecule has 26 heavy (non-hydrogen) atoms. The molecule has 0 radical (unpaired) electrons. The maximum atomic E-state index is 12.9. The Bertz CT molecular complexity index is 827. The second-order valence-electron chi connectivity index (χ2n) is 6.21. The van der Waals surface area contributed by atoms with Crippen LogP contribution in [0.1, 0.15) is 18.6 Å². The van der Waals surface area contributed by atoms with Crippen molar-refractivity contribution in [3.05, 3.63) is 54.2 Å². The molecule has 1 amide bonds. The van der Waals surface area contributed by atoms with Crippen molar-refractivity contribution >= 4 is 27.5 Å². The van der Waals surface area contributed by atoms with Crippen LogP contribution in [0, 0.1) is 5.82 Å². The summed E-state index contributed by atoms with van der Waals surface area (Å²) >= 11 is 1.35. The van der Waals surface area contributed by atoms with Crippen LogP contribution in [0.25, 0.3) is 0 Å². The lowest BCUT2D eigenvalue weighted by atomic mass is 10.1. The molecular weight excluding hydrogens is 377 g/mol. The lowest BCUT2D eigenvalue weighted by Crippen LogP contribution is -2.43. The van der Waals surface area contributed by atoms with E-state index in [1.54, 1.807) is 29.2 Å². The van der Waals surface area contributed by atoms with Crippen molar-refractivity contribution in [2.45, 2.75) is 28.7 Å². The summed E-state index contributed by atoms with van der Waals surface area (Å²) in [6.45, 7) is 0.871. The van der Waals surface area contributed by atoms with Crippen LogP contribution in [0.2, 0.25) is 0 Å². The van der Waals surface area contributed by atoms with E-state index in [1.165, 1.54) is 30.2 Å². The molecule has 8 heteroatoms. The lowest BCUT2D eigenvalue weighted by molar-refractivity contribution is -0.129. The number of thioether (sulfide) groups is 1. The molecule has 2 aromatic rings. The number of rotatable bonds is 6. The minimum absolute atomic E-state index is 0.0267. The van der Waals surface area contributed by atoms with Gasteiger partial charge in [-0.25, -0.2) is 12.8 Å². The first kappa shape index (κ1) is 19.0. The second-order valence-corrected chi connectivity index (χ2v) is 9.54. The number of piperidine rings is 1. The molecule has 1 aliphatic rings. The number of likely N-dealkylation sites (tertiary alicyclic amines) is 1. The fourth-order valence-corrected chi connectivity index (χ4v) is 5.47. The number of hydrogen-bond acceptors (Lipinski definition) is 5. The summed E-state index contributed by atoms with van der Waals surface area (Å²) in [6, 6.07) is 9.33. The van der Waals surface area contributed by atoms with E-state index in [0.717, 1.165) is 4.90 Å². The lowest BCUT2D eigenvalue weighted by Gasteiger charge is -2.31. The van der Waals surface area contributed by atoms with E-state index in [9.17, 15) is 17.6 Å². The fraction of sp³-hybridized carbons (Fsp3) is 0.389. The minimum atomic E-state index is -3.29. The highest BCUT2D eigenvalue weighted by Crippen LogP contribution is 2.24. The number of amides is 1. The van der Waals surface area contributed by atoms with Crippen molar-refractivity contribution < 1.29 is 22.0 Å². The molecule has 0 atom stereocenters. The number of nitrogens with zero attached hydrogens (tertiary/aromatic N) is 1. The van der Waals surface area contributed by atoms with Crippen LogP contribution in [0.3, 0.4) is 0 Å². The number of carbonyl (C=O) groups excluding carboxylic acids is 1. The van der Waals surface area contributed by atoms with Gasteiger partial charge in [0.15, 0.2) is 9.84 Å². The van der Waals surface area contributed by atoms with Crippen molar-refractivity contribution in [3.63, 3.8) is 0 Å². The van der Waals surface area contributed by atoms with Crippen LogP contribution in [-0.2, 0) is 20.4 Å². The molecule has 2 heterocycles. The molecule has 1 aliphatic heterocycles. The Morgan fingerprint density at radius 1 is 1.19 bits per heavy atom. The third-order valence-electron chi connectivity index (χ3n) is 4.40. The summed E-state index contributed by atoms with van der Waals surface area (Å²) in [7, 11) is -3.29. The predicted octanol–water partition coefficient (Wildman–Crippen LogP) is 3.12. The molecule has 1 aromatic heterocycles. The van der Waals surface area contributed by atoms with Gasteiger partial charge in [0, 0.05) is 18.0 Å². The second kappa shape index (κ2) is 8.26. The Morgan fingerprint density at radius 3 is 2.50 bits per heavy atom. The van der Waals surface area contributed by atoms with Crippen molar-refractivity contribution in [3.8, 4) is 0 Å². The zero-order valence-electron chi connectivity index (χ0n) is 14.1. The van der Waals surface area contributed by atoms with E-state index < -0.39 is 15.1 Å². The quantitative estimate of drug-likeness (QED) is 0.701. The summed E-state index contributed by atoms with van der Waals surface area (Å²) in [4.78, 5) is 14.9. The van der Waals surface area contributed by atoms with Crippen molar-refractivity contribution in [1.29, 1.82) is 0 Å². The average Bonchev–Trinajstić information content (AvgIpc) is 3.13. The topological polar surface area (TPSA) is 67.6 Å². The van der Waals surface area contributed by atoms with Crippen LogP contribution in [0.4, 0.5) is 4.39 Å². The SMILES string of the molecule is O=C(CSc1ccc(F)cc1)N1CCC(S(=O)(=O)Cc2ccco2)CC1. The van der Waals surface area contributed by atoms with E-state index in [0.29, 0.717) is 31.7 Å². The number of benzene rings is 1. The smallest absolute Gasteiger partial charge is 0.232 e. The number of hydrogen-bond donors (Lipinski definition) is 0. The molecule has 3 rings (SSSR count). The number of furan rings is 1. The van der Waals surface area contributed by atoms with E-state index in [2.05, 4.69) is 0 Å². The maximum Gasteiger partial charge on any atom is 0.232 e. The molecular formula is C18H20FNO4S2. The first-order chi connectivity index (χ1) is 12.4. The molecule has 0 bridgehead atoms. The van der Waals surface area contributed by atoms with Gasteiger partial charge in [-0.05, 0) is 49.2 Å². The normalized spacial score (nSPS) is 16.0. The zero-order chi connectivity index (χ0) is 18.6. The van der Waals surface area contributed by atoms with Crippen molar-refractivity contribution in [2.75, 3.05) is 18.8 Å². The summed E-state index contributed by atoms with van der Waals surface area (Å²) in [6.07, 6.45) is 2.34. The highest BCUT2D eigenvalue weighted by Gasteiger charge is 2.32. The molecule has 1 fully saturated rings. The van der Waals surface area contributed by atoms with Gasteiger partial charge < -0.3 is 9.32 Å². The summed E-state index contributed by atoms with van der Waals surface area (Å²) in [5.41, 5.74) is 0. The first-order valence-electron chi connectivity index (χ1n) is 8.34. The summed E-state index contributed by atoms with van der Waals surface area (Å²) < 4.78 is 43.0. The molecule has 0 saturated carbocycles. The third kappa shape index (κ3) is 4.88. The van der Waals surface area contributed by atoms with Gasteiger partial charge in [-0.3, -0.25) is 4.79 Å². The van der Waals surface area contributed by atoms with Gasteiger partial charge in [-0.2, -0.15) is 0 Å². The first-order valence-corrected chi connectivity index (χ1v) is 11.0. The highest BCUT2D eigenvalue weighted by atomic mass is 32.2.